The highest BCUT2D eigenvalue weighted by atomic mass is 16.5. The van der Waals surface area contributed by atoms with Crippen molar-refractivity contribution < 1.29 is 9.53 Å². The molecule has 6 heteroatoms. The number of piperidine rings is 1. The van der Waals surface area contributed by atoms with Gasteiger partial charge in [0.25, 0.3) is 0 Å². The molecular weight excluding hydrogens is 244 g/mol. The van der Waals surface area contributed by atoms with Gasteiger partial charge in [-0.1, -0.05) is 0 Å². The fraction of sp³-hybridized carbons (Fsp3) is 0.538. The summed E-state index contributed by atoms with van der Waals surface area (Å²) < 4.78 is 5.06. The molecule has 0 bridgehead atoms. The summed E-state index contributed by atoms with van der Waals surface area (Å²) in [6.07, 6.45) is 1.77. The first-order valence-corrected chi connectivity index (χ1v) is 6.40. The number of esters is 1. The van der Waals surface area contributed by atoms with Crippen LogP contribution in [0.5, 0.6) is 0 Å². The lowest BCUT2D eigenvalue weighted by Crippen LogP contribution is -2.40. The average molecular weight is 260 g/mol. The molecule has 1 aromatic heterocycles. The SMILES string of the molecule is CCOC(=O)[C@H]1CCCN(c2ccc(C#N)nn2)C1. The largest absolute Gasteiger partial charge is 0.466 e. The minimum atomic E-state index is -0.145. The van der Waals surface area contributed by atoms with Gasteiger partial charge in [0.2, 0.25) is 0 Å². The van der Waals surface area contributed by atoms with Gasteiger partial charge in [-0.15, -0.1) is 10.2 Å². The second kappa shape index (κ2) is 6.14. The Balaban J connectivity index is 2.04. The molecule has 0 saturated carbocycles. The molecule has 0 aliphatic carbocycles. The molecule has 1 saturated heterocycles. The van der Waals surface area contributed by atoms with Crippen LogP contribution in [0.3, 0.4) is 0 Å². The first-order valence-electron chi connectivity index (χ1n) is 6.40. The minimum absolute atomic E-state index is 0.105. The third-order valence-electron chi connectivity index (χ3n) is 3.13. The molecule has 100 valence electrons. The number of nitriles is 1. The lowest BCUT2D eigenvalue weighted by molar-refractivity contribution is -0.148. The van der Waals surface area contributed by atoms with Crippen molar-refractivity contribution in [2.24, 2.45) is 5.92 Å². The van der Waals surface area contributed by atoms with E-state index in [2.05, 4.69) is 10.2 Å². The monoisotopic (exact) mass is 260 g/mol. The molecule has 1 aliphatic heterocycles. The summed E-state index contributed by atoms with van der Waals surface area (Å²) in [5, 5.41) is 16.5. The van der Waals surface area contributed by atoms with Crippen LogP contribution in [0.15, 0.2) is 12.1 Å². The summed E-state index contributed by atoms with van der Waals surface area (Å²) >= 11 is 0. The van der Waals surface area contributed by atoms with Crippen molar-refractivity contribution in [3.05, 3.63) is 17.8 Å². The Morgan fingerprint density at radius 3 is 3.05 bits per heavy atom. The van der Waals surface area contributed by atoms with Gasteiger partial charge in [-0.3, -0.25) is 4.79 Å². The second-order valence-corrected chi connectivity index (χ2v) is 4.43. The molecule has 2 rings (SSSR count). The highest BCUT2D eigenvalue weighted by molar-refractivity contribution is 5.73. The van der Waals surface area contributed by atoms with Crippen molar-refractivity contribution in [2.45, 2.75) is 19.8 Å². The number of carbonyl (C=O) groups is 1. The number of nitrogens with zero attached hydrogens (tertiary/aromatic N) is 4. The minimum Gasteiger partial charge on any atom is -0.466 e. The molecule has 0 radical (unpaired) electrons. The zero-order chi connectivity index (χ0) is 13.7. The lowest BCUT2D eigenvalue weighted by Gasteiger charge is -2.31. The van der Waals surface area contributed by atoms with Gasteiger partial charge in [0.1, 0.15) is 6.07 Å². The van der Waals surface area contributed by atoms with Gasteiger partial charge in [-0.05, 0) is 31.9 Å². The Labute approximate surface area is 112 Å². The third-order valence-corrected chi connectivity index (χ3v) is 3.13. The molecule has 1 aromatic rings. The topological polar surface area (TPSA) is 79.1 Å². The van der Waals surface area contributed by atoms with Crippen LogP contribution in [-0.2, 0) is 9.53 Å². The molecule has 0 aromatic carbocycles. The molecule has 2 heterocycles. The van der Waals surface area contributed by atoms with E-state index in [4.69, 9.17) is 10.00 Å². The Morgan fingerprint density at radius 1 is 1.58 bits per heavy atom. The van der Waals surface area contributed by atoms with Crippen molar-refractivity contribution in [3.63, 3.8) is 0 Å². The highest BCUT2D eigenvalue weighted by Crippen LogP contribution is 2.22. The van der Waals surface area contributed by atoms with Gasteiger partial charge < -0.3 is 9.64 Å². The summed E-state index contributed by atoms with van der Waals surface area (Å²) in [5.74, 6) is 0.452. The normalized spacial score (nSPS) is 18.7. The van der Waals surface area contributed by atoms with Crippen LogP contribution in [-0.4, -0.2) is 35.9 Å². The van der Waals surface area contributed by atoms with Crippen molar-refractivity contribution in [3.8, 4) is 6.07 Å². The van der Waals surface area contributed by atoms with Crippen LogP contribution in [0.1, 0.15) is 25.5 Å². The Bertz CT molecular complexity index is 480. The van der Waals surface area contributed by atoms with E-state index in [9.17, 15) is 4.79 Å². The number of carbonyl (C=O) groups excluding carboxylic acids is 1. The molecule has 1 atom stereocenters. The maximum Gasteiger partial charge on any atom is 0.310 e. The average Bonchev–Trinajstić information content (AvgIpc) is 2.48. The summed E-state index contributed by atoms with van der Waals surface area (Å²) in [4.78, 5) is 13.8. The van der Waals surface area contributed by atoms with Gasteiger partial charge in [0.15, 0.2) is 11.5 Å². The van der Waals surface area contributed by atoms with Gasteiger partial charge in [-0.25, -0.2) is 0 Å². The quantitative estimate of drug-likeness (QED) is 0.758. The Morgan fingerprint density at radius 2 is 2.42 bits per heavy atom. The standard InChI is InChI=1S/C13H16N4O2/c1-2-19-13(18)10-4-3-7-17(9-10)12-6-5-11(8-14)15-16-12/h5-6,10H,2-4,7,9H2,1H3/t10-/m0/s1. The van der Waals surface area contributed by atoms with E-state index in [1.165, 1.54) is 0 Å². The van der Waals surface area contributed by atoms with E-state index in [1.807, 2.05) is 17.9 Å². The maximum atomic E-state index is 11.7. The smallest absolute Gasteiger partial charge is 0.310 e. The van der Waals surface area contributed by atoms with Gasteiger partial charge in [0.05, 0.1) is 12.5 Å². The number of hydrogen-bond acceptors (Lipinski definition) is 6. The Hall–Kier alpha value is -2.16. The Kier molecular flexibility index (Phi) is 4.29. The van der Waals surface area contributed by atoms with Gasteiger partial charge >= 0.3 is 5.97 Å². The molecule has 0 spiro atoms. The molecule has 0 amide bonds. The van der Waals surface area contributed by atoms with E-state index in [0.717, 1.165) is 19.4 Å². The highest BCUT2D eigenvalue weighted by Gasteiger charge is 2.27. The number of anilines is 1. The van der Waals surface area contributed by atoms with Gasteiger partial charge in [-0.2, -0.15) is 5.26 Å². The van der Waals surface area contributed by atoms with E-state index >= 15 is 0 Å². The predicted molar refractivity (Wildman–Crippen MR) is 68.3 cm³/mol. The predicted octanol–water partition coefficient (Wildman–Crippen LogP) is 1.13. The summed E-state index contributed by atoms with van der Waals surface area (Å²) in [6, 6.07) is 5.33. The molecule has 6 nitrogen and oxygen atoms in total. The fourth-order valence-electron chi connectivity index (χ4n) is 2.19. The van der Waals surface area contributed by atoms with E-state index in [-0.39, 0.29) is 11.9 Å². The molecule has 1 fully saturated rings. The van der Waals surface area contributed by atoms with Crippen molar-refractivity contribution >= 4 is 11.8 Å². The number of aromatic nitrogens is 2. The zero-order valence-electron chi connectivity index (χ0n) is 10.9. The van der Waals surface area contributed by atoms with Crippen LogP contribution < -0.4 is 4.90 Å². The van der Waals surface area contributed by atoms with Crippen molar-refractivity contribution in [1.82, 2.24) is 10.2 Å². The van der Waals surface area contributed by atoms with E-state index < -0.39 is 0 Å². The number of ether oxygens (including phenoxy) is 1. The molecule has 19 heavy (non-hydrogen) atoms. The van der Waals surface area contributed by atoms with E-state index in [0.29, 0.717) is 24.7 Å². The van der Waals surface area contributed by atoms with Crippen LogP contribution in [0.4, 0.5) is 5.82 Å². The first kappa shape index (κ1) is 13.3. The zero-order valence-corrected chi connectivity index (χ0v) is 10.9. The molecule has 0 unspecified atom stereocenters. The van der Waals surface area contributed by atoms with Crippen molar-refractivity contribution in [2.75, 3.05) is 24.6 Å². The molecule has 1 aliphatic rings. The van der Waals surface area contributed by atoms with E-state index in [1.54, 1.807) is 12.1 Å². The first-order chi connectivity index (χ1) is 9.24. The molecular formula is C13H16N4O2. The van der Waals surface area contributed by atoms with Crippen molar-refractivity contribution in [1.29, 1.82) is 5.26 Å². The maximum absolute atomic E-state index is 11.7. The van der Waals surface area contributed by atoms with Crippen LogP contribution in [0.25, 0.3) is 0 Å². The number of hydrogen-bond donors (Lipinski definition) is 0. The molecule has 0 N–H and O–H groups in total. The van der Waals surface area contributed by atoms with Gasteiger partial charge in [0, 0.05) is 13.1 Å². The third kappa shape index (κ3) is 3.19. The van der Waals surface area contributed by atoms with Crippen LogP contribution in [0.2, 0.25) is 0 Å². The number of rotatable bonds is 3. The van der Waals surface area contributed by atoms with Crippen LogP contribution in [0, 0.1) is 17.2 Å². The fourth-order valence-corrected chi connectivity index (χ4v) is 2.19. The summed E-state index contributed by atoms with van der Waals surface area (Å²) in [5.41, 5.74) is 0.294. The second-order valence-electron chi connectivity index (χ2n) is 4.43. The summed E-state index contributed by atoms with van der Waals surface area (Å²) in [7, 11) is 0. The lowest BCUT2D eigenvalue weighted by atomic mass is 9.98. The summed E-state index contributed by atoms with van der Waals surface area (Å²) in [6.45, 7) is 3.66. The van der Waals surface area contributed by atoms with Crippen LogP contribution >= 0.6 is 0 Å².